The summed E-state index contributed by atoms with van der Waals surface area (Å²) in [5, 5.41) is 2.97. The Bertz CT molecular complexity index is 1360. The Morgan fingerprint density at radius 1 is 0.969 bits per heavy atom. The average molecular weight is 476 g/mol. The molecule has 166 valence electrons. The van der Waals surface area contributed by atoms with Crippen LogP contribution in [0.1, 0.15) is 5.56 Å². The van der Waals surface area contributed by atoms with Crippen LogP contribution in [0.15, 0.2) is 84.1 Å². The van der Waals surface area contributed by atoms with Gasteiger partial charge in [0.1, 0.15) is 11.6 Å². The van der Waals surface area contributed by atoms with E-state index in [0.29, 0.717) is 23.2 Å². The summed E-state index contributed by atoms with van der Waals surface area (Å²) in [5.41, 5.74) is 2.05. The molecule has 0 aliphatic rings. The Balaban J connectivity index is 0.00000289. The van der Waals surface area contributed by atoms with Gasteiger partial charge < -0.3 is 5.32 Å². The van der Waals surface area contributed by atoms with Gasteiger partial charge in [-0.3, -0.25) is 4.98 Å². The van der Waals surface area contributed by atoms with Crippen LogP contribution < -0.4 is 5.32 Å². The molecule has 9 heteroatoms. The van der Waals surface area contributed by atoms with Gasteiger partial charge in [-0.25, -0.2) is 21.2 Å². The topological polar surface area (TPSA) is 64.0 Å². The second-order valence-electron chi connectivity index (χ2n) is 6.96. The third-order valence-corrected chi connectivity index (χ3v) is 6.47. The molecule has 0 amide bonds. The van der Waals surface area contributed by atoms with E-state index in [9.17, 15) is 17.2 Å². The Labute approximate surface area is 191 Å². The first-order valence-corrected chi connectivity index (χ1v) is 10.9. The second kappa shape index (κ2) is 9.60. The third kappa shape index (κ3) is 4.57. The molecule has 32 heavy (non-hydrogen) atoms. The molecule has 5 nitrogen and oxygen atoms in total. The fourth-order valence-electron chi connectivity index (χ4n) is 3.38. The van der Waals surface area contributed by atoms with Crippen molar-refractivity contribution in [3.63, 3.8) is 0 Å². The summed E-state index contributed by atoms with van der Waals surface area (Å²) in [6.07, 6.45) is 4.01. The third-order valence-electron chi connectivity index (χ3n) is 4.80. The predicted molar refractivity (Wildman–Crippen MR) is 122 cm³/mol. The van der Waals surface area contributed by atoms with Crippen molar-refractivity contribution in [2.45, 2.75) is 11.4 Å². The minimum Gasteiger partial charge on any atom is -0.316 e. The molecule has 2 aromatic heterocycles. The summed E-state index contributed by atoms with van der Waals surface area (Å²) < 4.78 is 56.2. The van der Waals surface area contributed by atoms with Gasteiger partial charge in [0.25, 0.3) is 10.0 Å². The van der Waals surface area contributed by atoms with Crippen molar-refractivity contribution < 1.29 is 17.2 Å². The predicted octanol–water partition coefficient (Wildman–Crippen LogP) is 4.87. The second-order valence-corrected chi connectivity index (χ2v) is 8.78. The number of rotatable bonds is 6. The summed E-state index contributed by atoms with van der Waals surface area (Å²) in [7, 11) is -2.32. The number of benzene rings is 2. The highest BCUT2D eigenvalue weighted by Crippen LogP contribution is 2.30. The number of nitrogens with zero attached hydrogens (tertiary/aromatic N) is 2. The number of hydrogen-bond donors (Lipinski definition) is 1. The lowest BCUT2D eigenvalue weighted by atomic mass is 10.1. The molecule has 4 rings (SSSR count). The van der Waals surface area contributed by atoms with Gasteiger partial charge in [0, 0.05) is 30.1 Å². The van der Waals surface area contributed by atoms with Gasteiger partial charge in [-0.2, -0.15) is 0 Å². The van der Waals surface area contributed by atoms with Crippen molar-refractivity contribution in [2.75, 3.05) is 7.05 Å². The molecular formula is C23H20ClF2N3O2S. The van der Waals surface area contributed by atoms with Crippen molar-refractivity contribution in [3.8, 4) is 22.4 Å². The fraction of sp³-hybridized carbons (Fsp3) is 0.0870. The average Bonchev–Trinajstić information content (AvgIpc) is 3.19. The van der Waals surface area contributed by atoms with Crippen LogP contribution in [-0.2, 0) is 16.6 Å². The number of hydrogen-bond acceptors (Lipinski definition) is 4. The molecule has 0 unspecified atom stereocenters. The summed E-state index contributed by atoms with van der Waals surface area (Å²) in [4.78, 5) is 3.82. The molecule has 0 saturated carbocycles. The smallest absolute Gasteiger partial charge is 0.268 e. The first-order valence-electron chi connectivity index (χ1n) is 9.47. The van der Waals surface area contributed by atoms with E-state index in [0.717, 1.165) is 10.2 Å². The van der Waals surface area contributed by atoms with Gasteiger partial charge in [-0.1, -0.05) is 24.3 Å². The molecule has 0 fully saturated rings. The first-order chi connectivity index (χ1) is 14.9. The molecule has 0 saturated heterocycles. The highest BCUT2D eigenvalue weighted by Gasteiger charge is 2.23. The number of halogens is 3. The summed E-state index contributed by atoms with van der Waals surface area (Å²) in [5.74, 6) is -1.04. The number of nitrogens with one attached hydrogen (secondary N) is 1. The van der Waals surface area contributed by atoms with Crippen molar-refractivity contribution >= 4 is 22.4 Å². The van der Waals surface area contributed by atoms with E-state index >= 15 is 0 Å². The molecule has 2 heterocycles. The lowest BCUT2D eigenvalue weighted by Crippen LogP contribution is -2.14. The lowest BCUT2D eigenvalue weighted by molar-refractivity contribution is 0.587. The maximum absolute atomic E-state index is 14.5. The molecule has 0 radical (unpaired) electrons. The normalized spacial score (nSPS) is 11.2. The van der Waals surface area contributed by atoms with Gasteiger partial charge in [-0.05, 0) is 54.6 Å². The maximum Gasteiger partial charge on any atom is 0.268 e. The highest BCUT2D eigenvalue weighted by atomic mass is 35.5. The Kier molecular flexibility index (Phi) is 7.08. The van der Waals surface area contributed by atoms with Gasteiger partial charge in [0.2, 0.25) is 0 Å². The van der Waals surface area contributed by atoms with Gasteiger partial charge in [0.15, 0.2) is 0 Å². The zero-order valence-electron chi connectivity index (χ0n) is 17.0. The molecule has 0 aliphatic heterocycles. The molecule has 4 aromatic rings. The van der Waals surface area contributed by atoms with E-state index < -0.39 is 21.7 Å². The zero-order chi connectivity index (χ0) is 22.0. The van der Waals surface area contributed by atoms with Crippen LogP contribution in [-0.4, -0.2) is 24.4 Å². The molecule has 0 spiro atoms. The number of aromatic nitrogens is 2. The largest absolute Gasteiger partial charge is 0.316 e. The van der Waals surface area contributed by atoms with E-state index in [2.05, 4.69) is 10.3 Å². The summed E-state index contributed by atoms with van der Waals surface area (Å²) >= 11 is 0. The number of pyridine rings is 1. The lowest BCUT2D eigenvalue weighted by Gasteiger charge is -2.12. The summed E-state index contributed by atoms with van der Waals surface area (Å²) in [6.45, 7) is 0.416. The van der Waals surface area contributed by atoms with E-state index in [1.807, 2.05) is 0 Å². The highest BCUT2D eigenvalue weighted by molar-refractivity contribution is 7.90. The van der Waals surface area contributed by atoms with Crippen molar-refractivity contribution in [2.24, 2.45) is 0 Å². The Hall–Kier alpha value is -3.07. The maximum atomic E-state index is 14.5. The van der Waals surface area contributed by atoms with E-state index in [-0.39, 0.29) is 28.6 Å². The van der Waals surface area contributed by atoms with Crippen molar-refractivity contribution in [3.05, 3.63) is 96.5 Å². The monoisotopic (exact) mass is 475 g/mol. The van der Waals surface area contributed by atoms with E-state index in [4.69, 9.17) is 0 Å². The minimum absolute atomic E-state index is 0. The fourth-order valence-corrected chi connectivity index (χ4v) is 4.82. The molecular weight excluding hydrogens is 456 g/mol. The zero-order valence-corrected chi connectivity index (χ0v) is 18.6. The first kappa shape index (κ1) is 23.6. The van der Waals surface area contributed by atoms with Crippen LogP contribution in [0.25, 0.3) is 22.4 Å². The molecule has 2 aromatic carbocycles. The van der Waals surface area contributed by atoms with Crippen LogP contribution in [0.4, 0.5) is 8.78 Å². The van der Waals surface area contributed by atoms with Gasteiger partial charge in [0.05, 0.1) is 16.8 Å². The summed E-state index contributed by atoms with van der Waals surface area (Å²) in [6, 6.07) is 15.1. The van der Waals surface area contributed by atoms with Crippen LogP contribution in [0.5, 0.6) is 0 Å². The molecule has 0 bridgehead atoms. The van der Waals surface area contributed by atoms with Gasteiger partial charge >= 0.3 is 0 Å². The molecule has 1 N–H and O–H groups in total. The van der Waals surface area contributed by atoms with Crippen LogP contribution in [0.2, 0.25) is 0 Å². The minimum atomic E-state index is -4.06. The van der Waals surface area contributed by atoms with Crippen LogP contribution in [0, 0.1) is 11.6 Å². The molecule has 0 aliphatic carbocycles. The SMILES string of the molecule is CNCc1cc(-c2ccccc2F)n(S(=O)(=O)c2cccc(-c3cncc(F)c3)c2)c1.Cl. The van der Waals surface area contributed by atoms with Crippen LogP contribution in [0.3, 0.4) is 0 Å². The van der Waals surface area contributed by atoms with Crippen molar-refractivity contribution in [1.82, 2.24) is 14.3 Å². The molecule has 0 atom stereocenters. The Morgan fingerprint density at radius 3 is 2.47 bits per heavy atom. The van der Waals surface area contributed by atoms with E-state index in [1.54, 1.807) is 37.4 Å². The van der Waals surface area contributed by atoms with E-state index in [1.165, 1.54) is 42.7 Å². The van der Waals surface area contributed by atoms with Gasteiger partial charge in [-0.15, -0.1) is 12.4 Å². The quantitative estimate of drug-likeness (QED) is 0.432. The standard InChI is InChI=1S/C23H19F2N3O2S.ClH/c1-26-12-16-9-23(21-7-2-3-8-22(21)25)28(15-16)31(29,30)20-6-4-5-17(11-20)18-10-19(24)14-27-13-18;/h2-11,13-15,26H,12H2,1H3;1H. The Morgan fingerprint density at radius 2 is 1.75 bits per heavy atom. The van der Waals surface area contributed by atoms with Crippen molar-refractivity contribution in [1.29, 1.82) is 0 Å². The van der Waals surface area contributed by atoms with Crippen LogP contribution >= 0.6 is 12.4 Å².